The van der Waals surface area contributed by atoms with Crippen molar-refractivity contribution in [3.63, 3.8) is 0 Å². The molecule has 0 atom stereocenters. The Kier molecular flexibility index (Phi) is 7.06. The Morgan fingerprint density at radius 3 is 1.81 bits per heavy atom. The van der Waals surface area contributed by atoms with Crippen molar-refractivity contribution in [3.8, 4) is 62.1 Å². The summed E-state index contributed by atoms with van der Waals surface area (Å²) < 4.78 is 53.1. The van der Waals surface area contributed by atoms with Crippen LogP contribution in [-0.4, -0.2) is 19.5 Å². The van der Waals surface area contributed by atoms with Crippen LogP contribution in [0.3, 0.4) is 0 Å². The van der Waals surface area contributed by atoms with Crippen LogP contribution in [0.15, 0.2) is 223 Å². The first-order valence-corrected chi connectivity index (χ1v) is 21.2. The van der Waals surface area contributed by atoms with Gasteiger partial charge in [0.05, 0.1) is 23.5 Å². The normalized spacial score (nSPS) is 12.8. The number of fused-ring (bicyclic) bond motifs is 9. The van der Waals surface area contributed by atoms with Gasteiger partial charge in [0.25, 0.3) is 0 Å². The average molecular weight is 822 g/mol. The van der Waals surface area contributed by atoms with Crippen molar-refractivity contribution in [1.29, 1.82) is 0 Å². The van der Waals surface area contributed by atoms with Crippen molar-refractivity contribution in [1.82, 2.24) is 19.5 Å². The lowest BCUT2D eigenvalue weighted by Gasteiger charge is -2.13. The summed E-state index contributed by atoms with van der Waals surface area (Å²) in [6.45, 7) is 0. The van der Waals surface area contributed by atoms with E-state index in [1.165, 1.54) is 0 Å². The van der Waals surface area contributed by atoms with Crippen LogP contribution < -0.4 is 0 Å². The Labute approximate surface area is 375 Å². The molecular formula is C59H36N4O. The lowest BCUT2D eigenvalue weighted by Crippen LogP contribution is -2.01. The fourth-order valence-electron chi connectivity index (χ4n) is 9.39. The van der Waals surface area contributed by atoms with E-state index in [2.05, 4.69) is 114 Å². The van der Waals surface area contributed by atoms with E-state index >= 15 is 0 Å². The highest BCUT2D eigenvalue weighted by Gasteiger charge is 2.23. The molecule has 298 valence electrons. The Morgan fingerprint density at radius 1 is 0.391 bits per heavy atom. The Balaban J connectivity index is 1.14. The van der Waals surface area contributed by atoms with E-state index in [4.69, 9.17) is 26.2 Å². The zero-order valence-electron chi connectivity index (χ0n) is 39.1. The number of benzene rings is 10. The topological polar surface area (TPSA) is 56.7 Å². The summed E-state index contributed by atoms with van der Waals surface area (Å²) in [5.41, 5.74) is 9.29. The van der Waals surface area contributed by atoms with Gasteiger partial charge in [0.1, 0.15) is 11.2 Å². The van der Waals surface area contributed by atoms with Crippen molar-refractivity contribution in [2.24, 2.45) is 0 Å². The molecule has 0 bridgehead atoms. The van der Waals surface area contributed by atoms with Crippen LogP contribution >= 0.6 is 0 Å². The van der Waals surface area contributed by atoms with E-state index in [-0.39, 0.29) is 23.0 Å². The van der Waals surface area contributed by atoms with E-state index in [9.17, 15) is 0 Å². The van der Waals surface area contributed by atoms with Gasteiger partial charge in [-0.2, -0.15) is 0 Å². The third-order valence-corrected chi connectivity index (χ3v) is 12.3. The summed E-state index contributed by atoms with van der Waals surface area (Å²) in [7, 11) is 0. The standard InChI is InChI=1S/C59H36N4O/c1-3-15-37(16-4-1)41-20-13-21-42(33-41)46-25-14-28-54-55(46)50-35-44(63-52-26-11-9-23-47(52)48-24-10-12-27-53(48)63)36-51(56(50)64-54)59-61-57(40-18-5-2-6-19-40)60-58(62-59)43-32-31-39-30-29-38-17-7-8-22-45(38)49(39)34-43/h1-36H/i2D,5D,6D,18D,19D. The predicted molar refractivity (Wildman–Crippen MR) is 264 cm³/mol. The highest BCUT2D eigenvalue weighted by Crippen LogP contribution is 2.44. The number of hydrogen-bond acceptors (Lipinski definition) is 4. The van der Waals surface area contributed by atoms with Crippen molar-refractivity contribution >= 4 is 65.3 Å². The van der Waals surface area contributed by atoms with Gasteiger partial charge in [-0.1, -0.05) is 176 Å². The maximum Gasteiger partial charge on any atom is 0.167 e. The lowest BCUT2D eigenvalue weighted by molar-refractivity contribution is 0.669. The van der Waals surface area contributed by atoms with E-state index in [1.807, 2.05) is 78.9 Å². The predicted octanol–water partition coefficient (Wildman–Crippen LogP) is 15.5. The van der Waals surface area contributed by atoms with Crippen LogP contribution in [0.1, 0.15) is 6.85 Å². The molecule has 0 spiro atoms. The maximum atomic E-state index is 9.09. The molecule has 0 amide bonds. The molecule has 0 unspecified atom stereocenters. The van der Waals surface area contributed by atoms with Crippen LogP contribution in [0.25, 0.3) is 127 Å². The Morgan fingerprint density at radius 2 is 1.02 bits per heavy atom. The van der Waals surface area contributed by atoms with Crippen LogP contribution in [0.2, 0.25) is 0 Å². The van der Waals surface area contributed by atoms with Gasteiger partial charge in [0.2, 0.25) is 0 Å². The molecule has 0 radical (unpaired) electrons. The van der Waals surface area contributed by atoms with Gasteiger partial charge >= 0.3 is 0 Å². The highest BCUT2D eigenvalue weighted by atomic mass is 16.3. The zero-order chi connectivity index (χ0) is 46.5. The molecule has 0 aliphatic carbocycles. The van der Waals surface area contributed by atoms with E-state index < -0.39 is 30.2 Å². The maximum absolute atomic E-state index is 9.09. The average Bonchev–Trinajstić information content (AvgIpc) is 3.95. The number of rotatable bonds is 6. The molecule has 13 aromatic rings. The number of aromatic nitrogens is 4. The second-order valence-electron chi connectivity index (χ2n) is 16.0. The zero-order valence-corrected chi connectivity index (χ0v) is 34.1. The lowest BCUT2D eigenvalue weighted by atomic mass is 9.95. The van der Waals surface area contributed by atoms with Crippen molar-refractivity contribution in [2.75, 3.05) is 0 Å². The first-order chi connectivity index (χ1) is 33.8. The third-order valence-electron chi connectivity index (χ3n) is 12.3. The summed E-state index contributed by atoms with van der Waals surface area (Å²) in [6.07, 6.45) is 0. The molecule has 13 rings (SSSR count). The number of nitrogens with zero attached hydrogens (tertiary/aromatic N) is 4. The summed E-state index contributed by atoms with van der Waals surface area (Å²) >= 11 is 0. The van der Waals surface area contributed by atoms with Gasteiger partial charge in [-0.3, -0.25) is 0 Å². The highest BCUT2D eigenvalue weighted by molar-refractivity contribution is 6.17. The number of para-hydroxylation sites is 2. The first-order valence-electron chi connectivity index (χ1n) is 23.7. The van der Waals surface area contributed by atoms with Crippen LogP contribution in [0, 0.1) is 0 Å². The number of hydrogen-bond donors (Lipinski definition) is 0. The summed E-state index contributed by atoms with van der Waals surface area (Å²) in [6, 6.07) is 61.9. The molecule has 3 heterocycles. The summed E-state index contributed by atoms with van der Waals surface area (Å²) in [5, 5.41) is 8.09. The van der Waals surface area contributed by atoms with Crippen molar-refractivity contribution in [2.45, 2.75) is 0 Å². The first kappa shape index (κ1) is 31.2. The van der Waals surface area contributed by atoms with Crippen molar-refractivity contribution < 1.29 is 11.3 Å². The molecule has 0 saturated carbocycles. The minimum atomic E-state index is -0.502. The Bertz CT molecular complexity index is 4200. The van der Waals surface area contributed by atoms with E-state index in [0.717, 1.165) is 82.1 Å². The molecule has 5 heteroatoms. The summed E-state index contributed by atoms with van der Waals surface area (Å²) in [5.74, 6) is 0.413. The smallest absolute Gasteiger partial charge is 0.167 e. The van der Waals surface area contributed by atoms with E-state index in [0.29, 0.717) is 22.3 Å². The van der Waals surface area contributed by atoms with Gasteiger partial charge in [0, 0.05) is 38.4 Å². The molecule has 0 N–H and O–H groups in total. The minimum Gasteiger partial charge on any atom is -0.455 e. The molecule has 0 aliphatic heterocycles. The van der Waals surface area contributed by atoms with Gasteiger partial charge in [-0.25, -0.2) is 15.0 Å². The van der Waals surface area contributed by atoms with Crippen LogP contribution in [0.4, 0.5) is 0 Å². The molecule has 0 saturated heterocycles. The van der Waals surface area contributed by atoms with Gasteiger partial charge in [-0.15, -0.1) is 0 Å². The Hall–Kier alpha value is -8.67. The molecular weight excluding hydrogens is 781 g/mol. The molecule has 3 aromatic heterocycles. The molecule has 0 fully saturated rings. The molecule has 64 heavy (non-hydrogen) atoms. The van der Waals surface area contributed by atoms with Gasteiger partial charge in [-0.05, 0) is 86.3 Å². The van der Waals surface area contributed by atoms with Crippen LogP contribution in [0.5, 0.6) is 0 Å². The van der Waals surface area contributed by atoms with Crippen molar-refractivity contribution in [3.05, 3.63) is 218 Å². The fourth-order valence-corrected chi connectivity index (χ4v) is 9.39. The second kappa shape index (κ2) is 14.5. The van der Waals surface area contributed by atoms with E-state index in [1.54, 1.807) is 0 Å². The molecule has 0 aliphatic rings. The van der Waals surface area contributed by atoms with Gasteiger partial charge in [0.15, 0.2) is 17.5 Å². The number of furan rings is 1. The largest absolute Gasteiger partial charge is 0.455 e. The SMILES string of the molecule is [2H]c1c([2H])c([2H])c(-c2nc(-c3ccc4ccc5ccccc5c4c3)nc(-c3cc(-n4c5ccccc5c5ccccc54)cc4c3oc3cccc(-c5cccc(-c6ccccc6)c5)c34)n2)c([2H])c1[2H]. The van der Waals surface area contributed by atoms with Gasteiger partial charge < -0.3 is 8.98 Å². The molecule has 10 aromatic carbocycles. The minimum absolute atomic E-state index is 0.0602. The van der Waals surface area contributed by atoms with Crippen LogP contribution in [-0.2, 0) is 0 Å². The fraction of sp³-hybridized carbons (Fsp3) is 0. The quantitative estimate of drug-likeness (QED) is 0.157. The molecule has 5 nitrogen and oxygen atoms in total. The summed E-state index contributed by atoms with van der Waals surface area (Å²) in [4.78, 5) is 15.3. The second-order valence-corrected chi connectivity index (χ2v) is 16.0. The third kappa shape index (κ3) is 5.83. The monoisotopic (exact) mass is 821 g/mol.